The molecule has 17 heavy (non-hydrogen) atoms. The first-order valence-corrected chi connectivity index (χ1v) is 7.13. The summed E-state index contributed by atoms with van der Waals surface area (Å²) < 4.78 is 22.7. The lowest BCUT2D eigenvalue weighted by Crippen LogP contribution is -1.96. The minimum atomic E-state index is -3.15. The van der Waals surface area contributed by atoms with Gasteiger partial charge in [-0.1, -0.05) is 18.2 Å². The van der Waals surface area contributed by atoms with E-state index in [0.29, 0.717) is 11.5 Å². The van der Waals surface area contributed by atoms with Crippen molar-refractivity contribution in [3.05, 3.63) is 66.5 Å². The van der Waals surface area contributed by atoms with E-state index in [1.54, 1.807) is 36.4 Å². The third-order valence-corrected chi connectivity index (χ3v) is 3.06. The van der Waals surface area contributed by atoms with E-state index < -0.39 is 7.60 Å². The maximum Gasteiger partial charge on any atom is 0.429 e. The average molecular weight is 247 g/mol. The molecule has 1 aromatic rings. The molecule has 0 saturated carbocycles. The number of para-hydroxylation sites is 1. The van der Waals surface area contributed by atoms with E-state index in [0.717, 1.165) is 0 Å². The molecule has 0 N–H and O–H groups in total. The molecule has 2 rings (SSSR count). The predicted octanol–water partition coefficient (Wildman–Crippen LogP) is 3.72. The second-order valence-electron chi connectivity index (χ2n) is 3.50. The summed E-state index contributed by atoms with van der Waals surface area (Å²) in [7, 11) is -3.15. The van der Waals surface area contributed by atoms with Crippen LogP contribution >= 0.6 is 7.60 Å². The lowest BCUT2D eigenvalue weighted by Gasteiger charge is -2.14. The molecular weight excluding hydrogens is 235 g/mol. The number of hydrogen-bond acceptors (Lipinski definition) is 3. The fourth-order valence-corrected chi connectivity index (χ4v) is 2.36. The van der Waals surface area contributed by atoms with E-state index in [-0.39, 0.29) is 0 Å². The Kier molecular flexibility index (Phi) is 3.43. The van der Waals surface area contributed by atoms with Gasteiger partial charge in [0, 0.05) is 6.08 Å². The van der Waals surface area contributed by atoms with Crippen LogP contribution in [0.25, 0.3) is 0 Å². The zero-order chi connectivity index (χ0) is 12.1. The van der Waals surface area contributed by atoms with Gasteiger partial charge in [-0.3, -0.25) is 0 Å². The van der Waals surface area contributed by atoms with Gasteiger partial charge < -0.3 is 9.05 Å². The van der Waals surface area contributed by atoms with E-state index in [9.17, 15) is 4.57 Å². The lowest BCUT2D eigenvalue weighted by atomic mass is 10.3. The van der Waals surface area contributed by atoms with Crippen LogP contribution in [0.15, 0.2) is 60.4 Å². The minimum Gasteiger partial charge on any atom is -0.416 e. The van der Waals surface area contributed by atoms with E-state index in [1.165, 1.54) is 6.66 Å². The molecule has 0 aliphatic heterocycles. The summed E-state index contributed by atoms with van der Waals surface area (Å²) >= 11 is 0. The Morgan fingerprint density at radius 3 is 2.59 bits per heavy atom. The van der Waals surface area contributed by atoms with Gasteiger partial charge in [0.15, 0.2) is 0 Å². The Balaban J connectivity index is 2.05. The molecule has 1 aromatic carbocycles. The van der Waals surface area contributed by atoms with E-state index in [1.807, 2.05) is 18.2 Å². The van der Waals surface area contributed by atoms with E-state index in [2.05, 4.69) is 6.08 Å². The minimum absolute atomic E-state index is 0.505. The molecule has 0 spiro atoms. The van der Waals surface area contributed by atoms with Crippen molar-refractivity contribution in [1.82, 2.24) is 0 Å². The second kappa shape index (κ2) is 5.01. The van der Waals surface area contributed by atoms with Gasteiger partial charge in [-0.2, -0.15) is 0 Å². The van der Waals surface area contributed by atoms with Crippen LogP contribution in [0.4, 0.5) is 0 Å². The van der Waals surface area contributed by atoms with E-state index >= 15 is 0 Å². The molecule has 1 unspecified atom stereocenters. The average Bonchev–Trinajstić information content (AvgIpc) is 2.30. The maximum atomic E-state index is 12.1. The summed E-state index contributed by atoms with van der Waals surface area (Å²) in [6, 6.07) is 8.96. The van der Waals surface area contributed by atoms with Crippen molar-refractivity contribution in [1.29, 1.82) is 0 Å². The molecule has 0 bridgehead atoms. The monoisotopic (exact) mass is 247 g/mol. The van der Waals surface area contributed by atoms with Gasteiger partial charge in [-0.05, 0) is 12.1 Å². The Morgan fingerprint density at radius 1 is 1.18 bits per heavy atom. The highest BCUT2D eigenvalue weighted by molar-refractivity contribution is 7.53. The lowest BCUT2D eigenvalue weighted by molar-refractivity contribution is 0.345. The number of benzene rings is 1. The van der Waals surface area contributed by atoms with Gasteiger partial charge in [-0.15, -0.1) is 0 Å². The van der Waals surface area contributed by atoms with Crippen molar-refractivity contribution in [2.75, 3.05) is 6.66 Å². The highest BCUT2D eigenvalue weighted by atomic mass is 31.2. The molecule has 4 heteroatoms. The number of allylic oxidation sites excluding steroid dienone is 5. The van der Waals surface area contributed by atoms with Gasteiger partial charge in [0.25, 0.3) is 0 Å². The van der Waals surface area contributed by atoms with Gasteiger partial charge in [-0.25, -0.2) is 4.57 Å². The normalized spacial score (nSPS) is 16.6. The number of rotatable bonds is 4. The molecule has 0 amide bonds. The highest BCUT2D eigenvalue weighted by Gasteiger charge is 2.23. The maximum absolute atomic E-state index is 12.1. The topological polar surface area (TPSA) is 35.5 Å². The van der Waals surface area contributed by atoms with Crippen LogP contribution in [0.3, 0.4) is 0 Å². The fraction of sp³-hybridized carbons (Fsp3) is 0.0769. The second-order valence-corrected chi connectivity index (χ2v) is 5.41. The summed E-state index contributed by atoms with van der Waals surface area (Å²) in [6.45, 7) is 1.44. The first-order chi connectivity index (χ1) is 8.16. The van der Waals surface area contributed by atoms with Crippen LogP contribution in [0.1, 0.15) is 0 Å². The smallest absolute Gasteiger partial charge is 0.416 e. The zero-order valence-corrected chi connectivity index (χ0v) is 10.3. The zero-order valence-electron chi connectivity index (χ0n) is 9.37. The molecule has 86 valence electrons. The van der Waals surface area contributed by atoms with Crippen molar-refractivity contribution in [2.24, 2.45) is 0 Å². The van der Waals surface area contributed by atoms with Crippen molar-refractivity contribution in [3.63, 3.8) is 0 Å². The molecule has 0 aromatic heterocycles. The summed E-state index contributed by atoms with van der Waals surface area (Å²) in [5, 5.41) is 0. The molecule has 0 saturated heterocycles. The third-order valence-electron chi connectivity index (χ3n) is 1.97. The van der Waals surface area contributed by atoms with Crippen molar-refractivity contribution >= 4 is 7.60 Å². The third kappa shape index (κ3) is 3.60. The molecular formula is C13H12O3P+. The molecule has 1 atom stereocenters. The molecule has 0 radical (unpaired) electrons. The molecule has 0 heterocycles. The van der Waals surface area contributed by atoms with E-state index in [4.69, 9.17) is 9.05 Å². The Hall–Kier alpha value is -1.82. The van der Waals surface area contributed by atoms with Gasteiger partial charge in [0.1, 0.15) is 17.9 Å². The molecule has 1 aliphatic rings. The van der Waals surface area contributed by atoms with Crippen LogP contribution in [-0.2, 0) is 9.09 Å². The summed E-state index contributed by atoms with van der Waals surface area (Å²) in [4.78, 5) is 0. The van der Waals surface area contributed by atoms with Gasteiger partial charge in [0.2, 0.25) is 5.76 Å². The quantitative estimate of drug-likeness (QED) is 0.601. The SMILES string of the molecule is CP(=O)(OC1=CC=[C+]C=C1)Oc1ccccc1. The van der Waals surface area contributed by atoms with Crippen molar-refractivity contribution in [3.8, 4) is 5.75 Å². The van der Waals surface area contributed by atoms with Gasteiger partial charge >= 0.3 is 7.60 Å². The standard InChI is InChI=1S/C13H12O3P/c1-17(14,15-12-8-4-2-5-9-12)16-13-10-6-3-7-11-13/h2,4-11H,1H3/q+1. The first-order valence-electron chi connectivity index (χ1n) is 5.14. The Labute approximate surface area is 101 Å². The summed E-state index contributed by atoms with van der Waals surface area (Å²) in [5.41, 5.74) is 0. The largest absolute Gasteiger partial charge is 0.429 e. The van der Waals surface area contributed by atoms with Crippen LogP contribution in [0, 0.1) is 6.08 Å². The molecule has 3 nitrogen and oxygen atoms in total. The van der Waals surface area contributed by atoms with Crippen molar-refractivity contribution < 1.29 is 13.6 Å². The molecule has 1 aliphatic carbocycles. The summed E-state index contributed by atoms with van der Waals surface area (Å²) in [6.07, 6.45) is 9.61. The fourth-order valence-electron chi connectivity index (χ4n) is 1.32. The Bertz CT molecular complexity index is 515. The van der Waals surface area contributed by atoms with Crippen molar-refractivity contribution in [2.45, 2.75) is 0 Å². The van der Waals surface area contributed by atoms with Crippen LogP contribution in [0.2, 0.25) is 0 Å². The van der Waals surface area contributed by atoms with Crippen LogP contribution < -0.4 is 4.52 Å². The highest BCUT2D eigenvalue weighted by Crippen LogP contribution is 2.46. The Morgan fingerprint density at radius 2 is 1.94 bits per heavy atom. The molecule has 0 fully saturated rings. The number of hydrogen-bond donors (Lipinski definition) is 0. The summed E-state index contributed by atoms with van der Waals surface area (Å²) in [5.74, 6) is 1.03. The van der Waals surface area contributed by atoms with Crippen LogP contribution in [0.5, 0.6) is 5.75 Å². The van der Waals surface area contributed by atoms with Crippen LogP contribution in [-0.4, -0.2) is 6.66 Å². The predicted molar refractivity (Wildman–Crippen MR) is 66.7 cm³/mol. The van der Waals surface area contributed by atoms with Gasteiger partial charge in [0.05, 0.1) is 18.8 Å². The first kappa shape index (κ1) is 11.7.